The molecule has 44 heavy (non-hydrogen) atoms. The molecule has 4 rings (SSSR count). The molecule has 0 aliphatic carbocycles. The Bertz CT molecular complexity index is 1720. The fourth-order valence-electron chi connectivity index (χ4n) is 4.19. The summed E-state index contributed by atoms with van der Waals surface area (Å²) in [6, 6.07) is 11.8. The fraction of sp³-hybridized carbons (Fsp3) is 0.357. The molecule has 4 aromatic rings. The number of nitrogens with one attached hydrogen (secondary N) is 2. The predicted molar refractivity (Wildman–Crippen MR) is 174 cm³/mol. The van der Waals surface area contributed by atoms with E-state index in [4.69, 9.17) is 0 Å². The van der Waals surface area contributed by atoms with Crippen LogP contribution >= 0.6 is 34.9 Å². The Kier molecular flexibility index (Phi) is 11.5. The number of rotatable bonds is 14. The first-order valence-electron chi connectivity index (χ1n) is 13.9. The number of nitrogens with zero attached hydrogens (tertiary/aromatic N) is 6. The van der Waals surface area contributed by atoms with Crippen LogP contribution in [-0.4, -0.2) is 74.1 Å². The standard InChI is InChI=1S/C28H34N8O4S4/c1-6-35(7-2)44(39,40)21-13-11-20(12-14-21)25(38)29-16-23-31-33-27(36(23)22-15-18(4)9-10-19(22)5)42-17-24(37)30-26-32-34-28(43-26)41-8-3/h9-15H,6-8,16-17H2,1-5H3,(H,29,38)(H,30,32,37). The third-order valence-electron chi connectivity index (χ3n) is 6.43. The zero-order valence-electron chi connectivity index (χ0n) is 25.0. The summed E-state index contributed by atoms with van der Waals surface area (Å²) in [6.45, 7) is 10.3. The van der Waals surface area contributed by atoms with Crippen LogP contribution in [0.4, 0.5) is 5.13 Å². The van der Waals surface area contributed by atoms with Crippen LogP contribution in [0, 0.1) is 13.8 Å². The van der Waals surface area contributed by atoms with E-state index in [2.05, 4.69) is 31.0 Å². The number of sulfonamides is 1. The Labute approximate surface area is 269 Å². The van der Waals surface area contributed by atoms with E-state index in [1.54, 1.807) is 25.6 Å². The van der Waals surface area contributed by atoms with E-state index in [1.807, 2.05) is 43.5 Å². The Morgan fingerprint density at radius 2 is 1.68 bits per heavy atom. The average molecular weight is 675 g/mol. The van der Waals surface area contributed by atoms with Crippen LogP contribution in [0.15, 0.2) is 56.9 Å². The number of anilines is 1. The van der Waals surface area contributed by atoms with Gasteiger partial charge in [0.1, 0.15) is 0 Å². The van der Waals surface area contributed by atoms with Gasteiger partial charge in [0.2, 0.25) is 21.1 Å². The molecule has 16 heteroatoms. The van der Waals surface area contributed by atoms with Crippen molar-refractivity contribution in [1.82, 2.24) is 34.6 Å². The second kappa shape index (κ2) is 15.1. The highest BCUT2D eigenvalue weighted by atomic mass is 32.2. The number of benzene rings is 2. The Hall–Kier alpha value is -3.31. The molecule has 0 saturated carbocycles. The van der Waals surface area contributed by atoms with Gasteiger partial charge in [0.15, 0.2) is 15.3 Å². The van der Waals surface area contributed by atoms with Crippen LogP contribution in [0.25, 0.3) is 5.69 Å². The molecule has 0 radical (unpaired) electrons. The lowest BCUT2D eigenvalue weighted by Crippen LogP contribution is -2.30. The lowest BCUT2D eigenvalue weighted by atomic mass is 10.1. The maximum Gasteiger partial charge on any atom is 0.251 e. The first kappa shape index (κ1) is 33.6. The van der Waals surface area contributed by atoms with Gasteiger partial charge in [0.25, 0.3) is 5.91 Å². The number of carbonyl (C=O) groups is 2. The van der Waals surface area contributed by atoms with Crippen LogP contribution in [0.1, 0.15) is 48.1 Å². The van der Waals surface area contributed by atoms with Crippen molar-refractivity contribution in [2.45, 2.75) is 55.6 Å². The van der Waals surface area contributed by atoms with Crippen molar-refractivity contribution in [3.63, 3.8) is 0 Å². The number of amides is 2. The molecule has 0 atom stereocenters. The number of aryl methyl sites for hydroxylation is 2. The quantitative estimate of drug-likeness (QED) is 0.144. The summed E-state index contributed by atoms with van der Waals surface area (Å²) in [6.07, 6.45) is 0. The van der Waals surface area contributed by atoms with Crippen molar-refractivity contribution in [2.75, 3.05) is 29.9 Å². The molecule has 0 saturated heterocycles. The van der Waals surface area contributed by atoms with E-state index in [0.717, 1.165) is 26.9 Å². The Morgan fingerprint density at radius 3 is 2.36 bits per heavy atom. The topological polar surface area (TPSA) is 152 Å². The predicted octanol–water partition coefficient (Wildman–Crippen LogP) is 4.54. The molecule has 2 heterocycles. The molecule has 234 valence electrons. The fourth-order valence-corrected chi connectivity index (χ4v) is 8.08. The van der Waals surface area contributed by atoms with E-state index in [0.29, 0.717) is 34.8 Å². The molecule has 2 N–H and O–H groups in total. The zero-order valence-corrected chi connectivity index (χ0v) is 28.3. The van der Waals surface area contributed by atoms with Gasteiger partial charge in [-0.05, 0) is 61.1 Å². The molecule has 0 aliphatic rings. The minimum absolute atomic E-state index is 0.0497. The third-order valence-corrected chi connectivity index (χ3v) is 11.3. The molecule has 2 amide bonds. The van der Waals surface area contributed by atoms with E-state index < -0.39 is 15.9 Å². The van der Waals surface area contributed by atoms with Gasteiger partial charge < -0.3 is 5.32 Å². The van der Waals surface area contributed by atoms with E-state index in [9.17, 15) is 18.0 Å². The summed E-state index contributed by atoms with van der Waals surface area (Å²) in [5.41, 5.74) is 3.14. The molecule has 0 spiro atoms. The number of aromatic nitrogens is 5. The van der Waals surface area contributed by atoms with Crippen LogP contribution in [-0.2, 0) is 21.4 Å². The van der Waals surface area contributed by atoms with Crippen LogP contribution in [0.2, 0.25) is 0 Å². The lowest BCUT2D eigenvalue weighted by molar-refractivity contribution is -0.113. The zero-order chi connectivity index (χ0) is 31.9. The van der Waals surface area contributed by atoms with Crippen molar-refractivity contribution in [1.29, 1.82) is 0 Å². The van der Waals surface area contributed by atoms with E-state index >= 15 is 0 Å². The van der Waals surface area contributed by atoms with Crippen molar-refractivity contribution in [2.24, 2.45) is 0 Å². The number of thioether (sulfide) groups is 2. The van der Waals surface area contributed by atoms with Crippen molar-refractivity contribution in [3.8, 4) is 5.69 Å². The summed E-state index contributed by atoms with van der Waals surface area (Å²) < 4.78 is 29.6. The molecule has 0 fully saturated rings. The smallest absolute Gasteiger partial charge is 0.251 e. The molecular formula is C28H34N8O4S4. The number of hydrogen-bond acceptors (Lipinski definition) is 11. The van der Waals surface area contributed by atoms with Gasteiger partial charge in [-0.15, -0.1) is 20.4 Å². The molecule has 12 nitrogen and oxygen atoms in total. The van der Waals surface area contributed by atoms with Gasteiger partial charge in [-0.25, -0.2) is 8.42 Å². The van der Waals surface area contributed by atoms with Gasteiger partial charge >= 0.3 is 0 Å². The van der Waals surface area contributed by atoms with Gasteiger partial charge in [-0.2, -0.15) is 4.31 Å². The van der Waals surface area contributed by atoms with Crippen LogP contribution < -0.4 is 10.6 Å². The van der Waals surface area contributed by atoms with Crippen molar-refractivity contribution in [3.05, 3.63) is 65.0 Å². The molecule has 2 aromatic carbocycles. The average Bonchev–Trinajstić information content (AvgIpc) is 3.63. The molecule has 0 unspecified atom stereocenters. The maximum atomic E-state index is 13.0. The highest BCUT2D eigenvalue weighted by Gasteiger charge is 2.22. The monoisotopic (exact) mass is 674 g/mol. The Morgan fingerprint density at radius 1 is 0.955 bits per heavy atom. The normalized spacial score (nSPS) is 11.6. The Balaban J connectivity index is 1.50. The lowest BCUT2D eigenvalue weighted by Gasteiger charge is -2.18. The second-order valence-electron chi connectivity index (χ2n) is 9.46. The van der Waals surface area contributed by atoms with Gasteiger partial charge in [0, 0.05) is 18.7 Å². The second-order valence-corrected chi connectivity index (χ2v) is 14.8. The SMILES string of the molecule is CCSc1nnc(NC(=O)CSc2nnc(CNC(=O)c3ccc(S(=O)(=O)N(CC)CC)cc3)n2-c2cc(C)ccc2C)s1. The molecular weight excluding hydrogens is 641 g/mol. The first-order chi connectivity index (χ1) is 21.1. The number of hydrogen-bond donors (Lipinski definition) is 2. The summed E-state index contributed by atoms with van der Waals surface area (Å²) in [4.78, 5) is 25.9. The van der Waals surface area contributed by atoms with Gasteiger partial charge in [0.05, 0.1) is 22.9 Å². The summed E-state index contributed by atoms with van der Waals surface area (Å²) in [5, 5.41) is 23.3. The third kappa shape index (κ3) is 8.04. The van der Waals surface area contributed by atoms with E-state index in [1.165, 1.54) is 51.7 Å². The summed E-state index contributed by atoms with van der Waals surface area (Å²) in [5.74, 6) is 0.757. The highest BCUT2D eigenvalue weighted by molar-refractivity contribution is 8.01. The van der Waals surface area contributed by atoms with Crippen molar-refractivity contribution < 1.29 is 18.0 Å². The first-order valence-corrected chi connectivity index (χ1v) is 18.1. The molecule has 0 bridgehead atoms. The van der Waals surface area contributed by atoms with E-state index in [-0.39, 0.29) is 23.1 Å². The maximum absolute atomic E-state index is 13.0. The van der Waals surface area contributed by atoms with Crippen LogP contribution in [0.3, 0.4) is 0 Å². The van der Waals surface area contributed by atoms with Crippen molar-refractivity contribution >= 4 is 61.8 Å². The van der Waals surface area contributed by atoms with Gasteiger partial charge in [-0.1, -0.05) is 67.8 Å². The number of carbonyl (C=O) groups excluding carboxylic acids is 2. The minimum Gasteiger partial charge on any atom is -0.345 e. The summed E-state index contributed by atoms with van der Waals surface area (Å²) >= 11 is 4.10. The highest BCUT2D eigenvalue weighted by Crippen LogP contribution is 2.27. The minimum atomic E-state index is -3.63. The van der Waals surface area contributed by atoms with Crippen LogP contribution in [0.5, 0.6) is 0 Å². The van der Waals surface area contributed by atoms with Gasteiger partial charge in [-0.3, -0.25) is 19.5 Å². The molecule has 2 aromatic heterocycles. The summed E-state index contributed by atoms with van der Waals surface area (Å²) in [7, 11) is -3.63. The largest absolute Gasteiger partial charge is 0.345 e. The molecule has 0 aliphatic heterocycles.